The van der Waals surface area contributed by atoms with Gasteiger partial charge in [0.2, 0.25) is 12.1 Å². The van der Waals surface area contributed by atoms with Crippen LogP contribution in [-0.2, 0) is 28.5 Å². The fourth-order valence-electron chi connectivity index (χ4n) is 2.33. The third kappa shape index (κ3) is 4.76. The molecule has 0 aliphatic carbocycles. The number of rotatable bonds is 8. The first-order valence-electron chi connectivity index (χ1n) is 7.14. The number of carbonyl (C=O) groups is 2. The van der Waals surface area contributed by atoms with Crippen LogP contribution in [0.25, 0.3) is 0 Å². The summed E-state index contributed by atoms with van der Waals surface area (Å²) in [5, 5.41) is 0. The number of methoxy groups -OCH3 is 2. The summed E-state index contributed by atoms with van der Waals surface area (Å²) in [4.78, 5) is 23.2. The van der Waals surface area contributed by atoms with E-state index in [1.165, 1.54) is 33.3 Å². The zero-order chi connectivity index (χ0) is 16.8. The molecular formula is C16H24O6. The van der Waals surface area contributed by atoms with Gasteiger partial charge in [-0.2, -0.15) is 0 Å². The predicted molar refractivity (Wildman–Crippen MR) is 80.0 cm³/mol. The summed E-state index contributed by atoms with van der Waals surface area (Å²) in [7, 11) is 2.92. The van der Waals surface area contributed by atoms with Gasteiger partial charge in [0.05, 0.1) is 0 Å². The van der Waals surface area contributed by atoms with Crippen LogP contribution in [0, 0.1) is 0 Å². The fourth-order valence-corrected chi connectivity index (χ4v) is 2.33. The van der Waals surface area contributed by atoms with Crippen molar-refractivity contribution in [2.24, 2.45) is 0 Å². The Kier molecular flexibility index (Phi) is 6.93. The molecule has 0 amide bonds. The van der Waals surface area contributed by atoms with Gasteiger partial charge in [0.15, 0.2) is 11.9 Å². The van der Waals surface area contributed by atoms with Crippen molar-refractivity contribution in [3.05, 3.63) is 24.3 Å². The first kappa shape index (κ1) is 18.5. The van der Waals surface area contributed by atoms with Gasteiger partial charge in [-0.15, -0.1) is 6.58 Å². The van der Waals surface area contributed by atoms with Gasteiger partial charge in [0, 0.05) is 27.6 Å². The Morgan fingerprint density at radius 1 is 1.36 bits per heavy atom. The molecule has 1 aliphatic rings. The molecule has 1 rings (SSSR count). The van der Waals surface area contributed by atoms with Crippen molar-refractivity contribution in [3.8, 4) is 0 Å². The molecule has 6 nitrogen and oxygen atoms in total. The van der Waals surface area contributed by atoms with E-state index < -0.39 is 24.2 Å². The van der Waals surface area contributed by atoms with Gasteiger partial charge in [-0.05, 0) is 31.9 Å². The zero-order valence-electron chi connectivity index (χ0n) is 13.6. The minimum Gasteiger partial charge on any atom is -0.432 e. The van der Waals surface area contributed by atoms with E-state index in [-0.39, 0.29) is 5.78 Å². The number of hydrogen-bond acceptors (Lipinski definition) is 6. The highest BCUT2D eigenvalue weighted by Crippen LogP contribution is 2.30. The van der Waals surface area contributed by atoms with E-state index in [2.05, 4.69) is 6.58 Å². The zero-order valence-corrected chi connectivity index (χ0v) is 13.6. The van der Waals surface area contributed by atoms with Crippen molar-refractivity contribution in [1.29, 1.82) is 0 Å². The molecule has 0 radical (unpaired) electrons. The van der Waals surface area contributed by atoms with Crippen LogP contribution in [0.1, 0.15) is 33.1 Å². The fraction of sp³-hybridized carbons (Fsp3) is 0.625. The van der Waals surface area contributed by atoms with E-state index in [1.807, 2.05) is 6.92 Å². The van der Waals surface area contributed by atoms with E-state index >= 15 is 0 Å². The van der Waals surface area contributed by atoms with Crippen molar-refractivity contribution in [1.82, 2.24) is 0 Å². The smallest absolute Gasteiger partial charge is 0.305 e. The standard InChI is InChI=1S/C16H24O6/c1-11(2)7-6-10-16(19-4,20-5)15-13(18)8-9-14(22-15)21-12(3)17/h8-9,14-15H,1,6-7,10H2,2-5H3. The van der Waals surface area contributed by atoms with E-state index in [9.17, 15) is 9.59 Å². The highest BCUT2D eigenvalue weighted by Gasteiger charge is 2.46. The summed E-state index contributed by atoms with van der Waals surface area (Å²) in [5.74, 6) is -2.01. The number of esters is 1. The van der Waals surface area contributed by atoms with Gasteiger partial charge in [-0.1, -0.05) is 5.57 Å². The molecule has 1 heterocycles. The minimum atomic E-state index is -1.23. The average Bonchev–Trinajstić information content (AvgIpc) is 2.45. The van der Waals surface area contributed by atoms with Gasteiger partial charge < -0.3 is 18.9 Å². The van der Waals surface area contributed by atoms with E-state index in [0.29, 0.717) is 6.42 Å². The molecule has 124 valence electrons. The summed E-state index contributed by atoms with van der Waals surface area (Å²) in [5.41, 5.74) is 1.04. The first-order valence-corrected chi connectivity index (χ1v) is 7.14. The Labute approximate surface area is 131 Å². The third-order valence-corrected chi connectivity index (χ3v) is 3.45. The van der Waals surface area contributed by atoms with Crippen LogP contribution in [0.4, 0.5) is 0 Å². The Morgan fingerprint density at radius 2 is 2.00 bits per heavy atom. The topological polar surface area (TPSA) is 71.1 Å². The maximum atomic E-state index is 12.2. The van der Waals surface area contributed by atoms with Gasteiger partial charge in [0.1, 0.15) is 0 Å². The molecule has 22 heavy (non-hydrogen) atoms. The summed E-state index contributed by atoms with van der Waals surface area (Å²) < 4.78 is 21.5. The van der Waals surface area contributed by atoms with Gasteiger partial charge in [0.25, 0.3) is 0 Å². The Bertz CT molecular complexity index is 450. The molecule has 0 saturated heterocycles. The van der Waals surface area contributed by atoms with Crippen molar-refractivity contribution in [2.45, 2.75) is 51.3 Å². The molecule has 0 aromatic carbocycles. The van der Waals surface area contributed by atoms with E-state index in [0.717, 1.165) is 18.4 Å². The number of ketones is 1. The lowest BCUT2D eigenvalue weighted by Crippen LogP contribution is -2.54. The van der Waals surface area contributed by atoms with Crippen molar-refractivity contribution < 1.29 is 28.5 Å². The molecule has 0 fully saturated rings. The Balaban J connectivity index is 2.88. The van der Waals surface area contributed by atoms with Crippen LogP contribution < -0.4 is 0 Å². The highest BCUT2D eigenvalue weighted by atomic mass is 16.7. The predicted octanol–water partition coefficient (Wildman–Crippen LogP) is 2.14. The lowest BCUT2D eigenvalue weighted by Gasteiger charge is -2.39. The second-order valence-electron chi connectivity index (χ2n) is 5.29. The highest BCUT2D eigenvalue weighted by molar-refractivity contribution is 5.95. The summed E-state index contributed by atoms with van der Waals surface area (Å²) >= 11 is 0. The molecule has 0 saturated carbocycles. The molecule has 0 aromatic heterocycles. The lowest BCUT2D eigenvalue weighted by atomic mass is 9.96. The van der Waals surface area contributed by atoms with Gasteiger partial charge >= 0.3 is 5.97 Å². The third-order valence-electron chi connectivity index (χ3n) is 3.45. The van der Waals surface area contributed by atoms with Crippen molar-refractivity contribution >= 4 is 11.8 Å². The quantitative estimate of drug-likeness (QED) is 0.388. The van der Waals surface area contributed by atoms with Crippen LogP contribution in [0.3, 0.4) is 0 Å². The SMILES string of the molecule is C=C(C)CCCC(OC)(OC)C1OC(OC(C)=O)C=CC1=O. The van der Waals surface area contributed by atoms with E-state index in [1.54, 1.807) is 0 Å². The second kappa shape index (κ2) is 8.22. The minimum absolute atomic E-state index is 0.289. The van der Waals surface area contributed by atoms with Gasteiger partial charge in [-0.25, -0.2) is 0 Å². The number of ether oxygens (including phenoxy) is 4. The lowest BCUT2D eigenvalue weighted by molar-refractivity contribution is -0.286. The number of allylic oxidation sites excluding steroid dienone is 1. The number of hydrogen-bond donors (Lipinski definition) is 0. The van der Waals surface area contributed by atoms with Crippen LogP contribution in [0.15, 0.2) is 24.3 Å². The normalized spacial score (nSPS) is 21.7. The van der Waals surface area contributed by atoms with Crippen LogP contribution in [-0.4, -0.2) is 44.2 Å². The summed E-state index contributed by atoms with van der Waals surface area (Å²) in [6, 6.07) is 0. The first-order chi connectivity index (χ1) is 10.3. The molecule has 0 aromatic rings. The van der Waals surface area contributed by atoms with E-state index in [4.69, 9.17) is 18.9 Å². The molecule has 2 unspecified atom stereocenters. The number of carbonyl (C=O) groups excluding carboxylic acids is 2. The summed E-state index contributed by atoms with van der Waals surface area (Å²) in [6.07, 6.45) is 2.76. The molecule has 2 atom stereocenters. The van der Waals surface area contributed by atoms with Crippen LogP contribution in [0.5, 0.6) is 0 Å². The second-order valence-corrected chi connectivity index (χ2v) is 5.29. The van der Waals surface area contributed by atoms with Crippen LogP contribution >= 0.6 is 0 Å². The largest absolute Gasteiger partial charge is 0.432 e. The monoisotopic (exact) mass is 312 g/mol. The van der Waals surface area contributed by atoms with Gasteiger partial charge in [-0.3, -0.25) is 9.59 Å². The molecule has 6 heteroatoms. The van der Waals surface area contributed by atoms with Crippen molar-refractivity contribution in [3.63, 3.8) is 0 Å². The molecular weight excluding hydrogens is 288 g/mol. The molecule has 0 spiro atoms. The van der Waals surface area contributed by atoms with Crippen LogP contribution in [0.2, 0.25) is 0 Å². The molecule has 0 bridgehead atoms. The van der Waals surface area contributed by atoms with Crippen molar-refractivity contribution in [2.75, 3.05) is 14.2 Å². The Morgan fingerprint density at radius 3 is 2.50 bits per heavy atom. The maximum Gasteiger partial charge on any atom is 0.305 e. The Hall–Kier alpha value is -1.50. The molecule has 0 N–H and O–H groups in total. The maximum absolute atomic E-state index is 12.2. The molecule has 1 aliphatic heterocycles. The summed E-state index contributed by atoms with van der Waals surface area (Å²) in [6.45, 7) is 7.06. The average molecular weight is 312 g/mol.